The Morgan fingerprint density at radius 2 is 1.60 bits per heavy atom. The molecule has 2 heteroatoms. The van der Waals surface area contributed by atoms with Crippen molar-refractivity contribution >= 4 is 0 Å². The molecule has 0 radical (unpaired) electrons. The van der Waals surface area contributed by atoms with Gasteiger partial charge >= 0.3 is 0 Å². The van der Waals surface area contributed by atoms with Crippen molar-refractivity contribution in [2.24, 2.45) is 5.73 Å². The molecule has 2 aromatic rings. The van der Waals surface area contributed by atoms with Crippen LogP contribution in [-0.2, 0) is 6.42 Å². The van der Waals surface area contributed by atoms with Crippen molar-refractivity contribution in [3.05, 3.63) is 64.7 Å². The van der Waals surface area contributed by atoms with Gasteiger partial charge in [0, 0.05) is 6.04 Å². The lowest BCUT2D eigenvalue weighted by Crippen LogP contribution is -2.13. The predicted molar refractivity (Wildman–Crippen MR) is 84.2 cm³/mol. The Morgan fingerprint density at radius 1 is 1.00 bits per heavy atom. The third-order valence-electron chi connectivity index (χ3n) is 3.36. The highest BCUT2D eigenvalue weighted by molar-refractivity contribution is 5.32. The van der Waals surface area contributed by atoms with Crippen molar-refractivity contribution in [3.63, 3.8) is 0 Å². The van der Waals surface area contributed by atoms with E-state index in [0.717, 1.165) is 17.7 Å². The van der Waals surface area contributed by atoms with Crippen LogP contribution in [0, 0.1) is 13.8 Å². The van der Waals surface area contributed by atoms with Crippen molar-refractivity contribution < 1.29 is 4.74 Å². The molecule has 2 rings (SSSR count). The highest BCUT2D eigenvalue weighted by Gasteiger charge is 2.08. The molecule has 0 aliphatic carbocycles. The molecule has 0 aliphatic heterocycles. The molecule has 0 heterocycles. The lowest BCUT2D eigenvalue weighted by atomic mass is 9.97. The van der Waals surface area contributed by atoms with Crippen LogP contribution in [0.25, 0.3) is 0 Å². The van der Waals surface area contributed by atoms with Crippen LogP contribution in [0.15, 0.2) is 42.5 Å². The van der Waals surface area contributed by atoms with E-state index in [9.17, 15) is 0 Å². The first-order valence-corrected chi connectivity index (χ1v) is 7.14. The van der Waals surface area contributed by atoms with E-state index in [1.807, 2.05) is 19.1 Å². The topological polar surface area (TPSA) is 35.2 Å². The summed E-state index contributed by atoms with van der Waals surface area (Å²) in [4.78, 5) is 0. The molecule has 1 atom stereocenters. The Balaban J connectivity index is 2.08. The Bertz CT molecular complexity index is 540. The Morgan fingerprint density at radius 3 is 2.15 bits per heavy atom. The first kappa shape index (κ1) is 14.6. The second kappa shape index (κ2) is 6.58. The van der Waals surface area contributed by atoms with Gasteiger partial charge in [-0.2, -0.15) is 0 Å². The molecule has 20 heavy (non-hydrogen) atoms. The summed E-state index contributed by atoms with van der Waals surface area (Å²) in [7, 11) is 0. The highest BCUT2D eigenvalue weighted by atomic mass is 16.5. The fraction of sp³-hybridized carbons (Fsp3) is 0.333. The van der Waals surface area contributed by atoms with Crippen LogP contribution in [0.5, 0.6) is 5.75 Å². The second-order valence-corrected chi connectivity index (χ2v) is 5.31. The predicted octanol–water partition coefficient (Wildman–Crippen LogP) is 3.94. The maximum Gasteiger partial charge on any atom is 0.119 e. The molecular formula is C18H23NO. The largest absolute Gasteiger partial charge is 0.494 e. The fourth-order valence-electron chi connectivity index (χ4n) is 2.54. The minimum Gasteiger partial charge on any atom is -0.494 e. The van der Waals surface area contributed by atoms with E-state index in [1.165, 1.54) is 16.7 Å². The molecule has 106 valence electrons. The summed E-state index contributed by atoms with van der Waals surface area (Å²) in [6, 6.07) is 14.7. The summed E-state index contributed by atoms with van der Waals surface area (Å²) in [5.41, 5.74) is 11.3. The smallest absolute Gasteiger partial charge is 0.119 e. The van der Waals surface area contributed by atoms with Gasteiger partial charge in [0.15, 0.2) is 0 Å². The van der Waals surface area contributed by atoms with E-state index in [1.54, 1.807) is 0 Å². The maximum atomic E-state index is 6.31. The van der Waals surface area contributed by atoms with Crippen LogP contribution >= 0.6 is 0 Å². The summed E-state index contributed by atoms with van der Waals surface area (Å²) in [5.74, 6) is 0.898. The van der Waals surface area contributed by atoms with E-state index in [-0.39, 0.29) is 6.04 Å². The zero-order chi connectivity index (χ0) is 14.5. The van der Waals surface area contributed by atoms with Crippen molar-refractivity contribution in [1.29, 1.82) is 0 Å². The van der Waals surface area contributed by atoms with E-state index >= 15 is 0 Å². The minimum atomic E-state index is 0.0203. The van der Waals surface area contributed by atoms with Crippen molar-refractivity contribution in [2.75, 3.05) is 6.61 Å². The lowest BCUT2D eigenvalue weighted by molar-refractivity contribution is 0.340. The second-order valence-electron chi connectivity index (χ2n) is 5.31. The van der Waals surface area contributed by atoms with Gasteiger partial charge < -0.3 is 10.5 Å². The van der Waals surface area contributed by atoms with Gasteiger partial charge in [-0.1, -0.05) is 41.5 Å². The van der Waals surface area contributed by atoms with Crippen molar-refractivity contribution in [1.82, 2.24) is 0 Å². The third-order valence-corrected chi connectivity index (χ3v) is 3.36. The van der Waals surface area contributed by atoms with Gasteiger partial charge in [-0.05, 0) is 50.5 Å². The van der Waals surface area contributed by atoms with Crippen LogP contribution in [0.3, 0.4) is 0 Å². The Hall–Kier alpha value is -1.80. The lowest BCUT2D eigenvalue weighted by Gasteiger charge is -2.14. The summed E-state index contributed by atoms with van der Waals surface area (Å²) in [5, 5.41) is 0. The summed E-state index contributed by atoms with van der Waals surface area (Å²) in [6.07, 6.45) is 0.858. The number of ether oxygens (including phenoxy) is 1. The summed E-state index contributed by atoms with van der Waals surface area (Å²) in [6.45, 7) is 6.92. The van der Waals surface area contributed by atoms with Crippen LogP contribution in [0.4, 0.5) is 0 Å². The molecule has 0 saturated carbocycles. The minimum absolute atomic E-state index is 0.0203. The summed E-state index contributed by atoms with van der Waals surface area (Å²) >= 11 is 0. The van der Waals surface area contributed by atoms with Crippen LogP contribution in [-0.4, -0.2) is 6.61 Å². The maximum absolute atomic E-state index is 6.31. The molecule has 0 aromatic heterocycles. The number of nitrogens with two attached hydrogens (primary N) is 1. The van der Waals surface area contributed by atoms with E-state index in [0.29, 0.717) is 6.61 Å². The fourth-order valence-corrected chi connectivity index (χ4v) is 2.54. The number of rotatable bonds is 5. The molecule has 0 aliphatic rings. The zero-order valence-electron chi connectivity index (χ0n) is 12.5. The number of aryl methyl sites for hydroxylation is 2. The van der Waals surface area contributed by atoms with Gasteiger partial charge in [-0.25, -0.2) is 0 Å². The van der Waals surface area contributed by atoms with Crippen LogP contribution < -0.4 is 10.5 Å². The molecule has 2 N–H and O–H groups in total. The van der Waals surface area contributed by atoms with E-state index in [2.05, 4.69) is 44.2 Å². The molecule has 0 spiro atoms. The van der Waals surface area contributed by atoms with Crippen LogP contribution in [0.2, 0.25) is 0 Å². The first-order chi connectivity index (χ1) is 9.58. The molecule has 2 aromatic carbocycles. The van der Waals surface area contributed by atoms with Gasteiger partial charge in [0.25, 0.3) is 0 Å². The van der Waals surface area contributed by atoms with Gasteiger partial charge in [-0.3, -0.25) is 0 Å². The molecule has 0 amide bonds. The molecule has 0 bridgehead atoms. The summed E-state index contributed by atoms with van der Waals surface area (Å²) < 4.78 is 5.45. The average molecular weight is 269 g/mol. The first-order valence-electron chi connectivity index (χ1n) is 7.14. The van der Waals surface area contributed by atoms with E-state index < -0.39 is 0 Å². The van der Waals surface area contributed by atoms with Crippen LogP contribution in [0.1, 0.15) is 35.2 Å². The Kier molecular flexibility index (Phi) is 4.80. The third kappa shape index (κ3) is 3.84. The number of hydrogen-bond donors (Lipinski definition) is 1. The normalized spacial score (nSPS) is 12.2. The molecular weight excluding hydrogens is 246 g/mol. The monoisotopic (exact) mass is 269 g/mol. The number of benzene rings is 2. The number of hydrogen-bond acceptors (Lipinski definition) is 2. The molecule has 0 saturated heterocycles. The SMILES string of the molecule is CCOc1ccc(C(N)Cc2cc(C)cc(C)c2)cc1. The highest BCUT2D eigenvalue weighted by Crippen LogP contribution is 2.20. The van der Waals surface area contributed by atoms with Gasteiger partial charge in [0.05, 0.1) is 6.61 Å². The average Bonchev–Trinajstić information content (AvgIpc) is 2.38. The standard InChI is InChI=1S/C18H23NO/c1-4-20-17-7-5-16(6-8-17)18(19)12-15-10-13(2)9-14(3)11-15/h5-11,18H,4,12,19H2,1-3H3. The van der Waals surface area contributed by atoms with Crippen molar-refractivity contribution in [3.8, 4) is 5.75 Å². The van der Waals surface area contributed by atoms with Gasteiger partial charge in [0.1, 0.15) is 5.75 Å². The molecule has 2 nitrogen and oxygen atoms in total. The van der Waals surface area contributed by atoms with E-state index in [4.69, 9.17) is 10.5 Å². The molecule has 0 fully saturated rings. The van der Waals surface area contributed by atoms with Gasteiger partial charge in [-0.15, -0.1) is 0 Å². The molecule has 1 unspecified atom stereocenters. The zero-order valence-corrected chi connectivity index (χ0v) is 12.5. The van der Waals surface area contributed by atoms with Gasteiger partial charge in [0.2, 0.25) is 0 Å². The quantitative estimate of drug-likeness (QED) is 0.892. The Labute approximate surface area is 121 Å². The van der Waals surface area contributed by atoms with Crippen molar-refractivity contribution in [2.45, 2.75) is 33.2 Å².